The largest absolute Gasteiger partial charge is 0.322 e. The molecule has 0 saturated carbocycles. The van der Waals surface area contributed by atoms with Gasteiger partial charge in [-0.2, -0.15) is 0 Å². The number of aromatic nitrogens is 2. The molecule has 3 aromatic rings. The van der Waals surface area contributed by atoms with Gasteiger partial charge in [0.05, 0.1) is 11.7 Å². The molecule has 4 rings (SSSR count). The van der Waals surface area contributed by atoms with Crippen LogP contribution in [0, 0.1) is 11.8 Å². The first-order valence-corrected chi connectivity index (χ1v) is 10.2. The van der Waals surface area contributed by atoms with Gasteiger partial charge in [-0.1, -0.05) is 35.7 Å². The molecule has 2 aromatic heterocycles. The van der Waals surface area contributed by atoms with Crippen molar-refractivity contribution in [3.8, 4) is 23.0 Å². The van der Waals surface area contributed by atoms with Crippen molar-refractivity contribution in [1.29, 1.82) is 0 Å². The molecule has 29 heavy (non-hydrogen) atoms. The van der Waals surface area contributed by atoms with Gasteiger partial charge in [-0.05, 0) is 67.7 Å². The van der Waals surface area contributed by atoms with Gasteiger partial charge in [0.25, 0.3) is 0 Å². The second-order valence-electron chi connectivity index (χ2n) is 7.27. The van der Waals surface area contributed by atoms with E-state index in [4.69, 9.17) is 17.3 Å². The SMILES string of the molecule is NC(CN1CCCC1)c1ccc(C#Cc2ccc(-c3ccc(Cl)cc3)cn2)cn1. The fourth-order valence-corrected chi connectivity index (χ4v) is 3.58. The lowest BCUT2D eigenvalue weighted by molar-refractivity contribution is 0.314. The third-order valence-electron chi connectivity index (χ3n) is 5.10. The molecule has 1 unspecified atom stereocenters. The number of nitrogens with zero attached hydrogens (tertiary/aromatic N) is 3. The summed E-state index contributed by atoms with van der Waals surface area (Å²) >= 11 is 5.94. The van der Waals surface area contributed by atoms with Crippen molar-refractivity contribution in [2.45, 2.75) is 18.9 Å². The second-order valence-corrected chi connectivity index (χ2v) is 7.71. The van der Waals surface area contributed by atoms with Crippen molar-refractivity contribution >= 4 is 11.6 Å². The lowest BCUT2D eigenvalue weighted by atomic mass is 10.1. The lowest BCUT2D eigenvalue weighted by Crippen LogP contribution is -2.30. The monoisotopic (exact) mass is 402 g/mol. The number of likely N-dealkylation sites (tertiary alicyclic amines) is 1. The topological polar surface area (TPSA) is 55.0 Å². The minimum absolute atomic E-state index is 0.0582. The van der Waals surface area contributed by atoms with E-state index in [1.165, 1.54) is 12.8 Å². The molecule has 2 N–H and O–H groups in total. The smallest absolute Gasteiger partial charge is 0.113 e. The predicted octanol–water partition coefficient (Wildman–Crippen LogP) is 4.29. The van der Waals surface area contributed by atoms with Crippen LogP contribution in [0.3, 0.4) is 0 Å². The number of hydrogen-bond donors (Lipinski definition) is 1. The molecule has 1 fully saturated rings. The van der Waals surface area contributed by atoms with Crippen LogP contribution in [0.1, 0.15) is 35.8 Å². The first-order chi connectivity index (χ1) is 14.2. The standard InChI is InChI=1S/C24H23ClN4/c25-21-8-5-19(6-9-21)20-7-11-22(27-16-20)10-3-18-4-12-24(28-15-18)23(26)17-29-13-1-2-14-29/h4-9,11-12,15-16,23H,1-2,13-14,17,26H2. The summed E-state index contributed by atoms with van der Waals surface area (Å²) in [6, 6.07) is 15.5. The van der Waals surface area contributed by atoms with Crippen LogP contribution in [0.4, 0.5) is 0 Å². The molecule has 0 radical (unpaired) electrons. The van der Waals surface area contributed by atoms with Gasteiger partial charge in [-0.3, -0.25) is 4.98 Å². The Labute approximate surface area is 176 Å². The zero-order valence-corrected chi connectivity index (χ0v) is 16.9. The highest BCUT2D eigenvalue weighted by Crippen LogP contribution is 2.20. The number of halogens is 1. The van der Waals surface area contributed by atoms with Crippen LogP contribution in [0.5, 0.6) is 0 Å². The molecule has 146 valence electrons. The summed E-state index contributed by atoms with van der Waals surface area (Å²) in [4.78, 5) is 11.4. The number of benzene rings is 1. The van der Waals surface area contributed by atoms with Crippen LogP contribution in [-0.4, -0.2) is 34.5 Å². The van der Waals surface area contributed by atoms with Crippen molar-refractivity contribution in [3.05, 3.63) is 82.9 Å². The summed E-state index contributed by atoms with van der Waals surface area (Å²) in [5, 5.41) is 0.723. The molecule has 0 spiro atoms. The van der Waals surface area contributed by atoms with Gasteiger partial charge in [-0.25, -0.2) is 4.98 Å². The molecular formula is C24H23ClN4. The summed E-state index contributed by atoms with van der Waals surface area (Å²) in [5.41, 5.74) is 10.9. The molecule has 1 aliphatic heterocycles. The Kier molecular flexibility index (Phi) is 6.21. The average molecular weight is 403 g/mol. The number of pyridine rings is 2. The van der Waals surface area contributed by atoms with E-state index in [0.29, 0.717) is 0 Å². The van der Waals surface area contributed by atoms with Gasteiger partial charge in [0, 0.05) is 35.1 Å². The van der Waals surface area contributed by atoms with Crippen LogP contribution in [0.25, 0.3) is 11.1 Å². The Morgan fingerprint density at radius 1 is 0.897 bits per heavy atom. The molecule has 3 heterocycles. The summed E-state index contributed by atoms with van der Waals surface area (Å²) in [5.74, 6) is 6.22. The van der Waals surface area contributed by atoms with Crippen LogP contribution in [-0.2, 0) is 0 Å². The zero-order chi connectivity index (χ0) is 20.1. The molecule has 1 atom stereocenters. The first-order valence-electron chi connectivity index (χ1n) is 9.85. The van der Waals surface area contributed by atoms with Gasteiger partial charge in [0.15, 0.2) is 0 Å². The second kappa shape index (κ2) is 9.19. The quantitative estimate of drug-likeness (QED) is 0.661. The van der Waals surface area contributed by atoms with E-state index in [1.54, 1.807) is 6.20 Å². The third kappa shape index (κ3) is 5.21. The van der Waals surface area contributed by atoms with Crippen molar-refractivity contribution in [2.75, 3.05) is 19.6 Å². The van der Waals surface area contributed by atoms with Gasteiger partial charge in [0.1, 0.15) is 5.69 Å². The van der Waals surface area contributed by atoms with E-state index in [2.05, 4.69) is 26.7 Å². The third-order valence-corrected chi connectivity index (χ3v) is 5.35. The molecule has 0 aliphatic carbocycles. The Morgan fingerprint density at radius 2 is 1.66 bits per heavy atom. The Bertz CT molecular complexity index is 996. The van der Waals surface area contributed by atoms with Crippen LogP contribution < -0.4 is 5.73 Å². The van der Waals surface area contributed by atoms with Crippen molar-refractivity contribution in [1.82, 2.24) is 14.9 Å². The van der Waals surface area contributed by atoms with E-state index < -0.39 is 0 Å². The Morgan fingerprint density at radius 3 is 2.31 bits per heavy atom. The van der Waals surface area contributed by atoms with Crippen molar-refractivity contribution < 1.29 is 0 Å². The minimum atomic E-state index is -0.0582. The van der Waals surface area contributed by atoms with Crippen LogP contribution in [0.15, 0.2) is 60.9 Å². The molecule has 0 bridgehead atoms. The summed E-state index contributed by atoms with van der Waals surface area (Å²) < 4.78 is 0. The number of nitrogens with two attached hydrogens (primary N) is 1. The fourth-order valence-electron chi connectivity index (χ4n) is 3.45. The van der Waals surface area contributed by atoms with E-state index >= 15 is 0 Å². The highest BCUT2D eigenvalue weighted by atomic mass is 35.5. The van der Waals surface area contributed by atoms with Gasteiger partial charge >= 0.3 is 0 Å². The van der Waals surface area contributed by atoms with E-state index in [1.807, 2.05) is 54.7 Å². The van der Waals surface area contributed by atoms with E-state index in [-0.39, 0.29) is 6.04 Å². The molecule has 1 saturated heterocycles. The fraction of sp³-hybridized carbons (Fsp3) is 0.250. The average Bonchev–Trinajstić information content (AvgIpc) is 3.27. The first kappa shape index (κ1) is 19.6. The molecule has 1 aliphatic rings. The highest BCUT2D eigenvalue weighted by Gasteiger charge is 2.16. The highest BCUT2D eigenvalue weighted by molar-refractivity contribution is 6.30. The lowest BCUT2D eigenvalue weighted by Gasteiger charge is -2.19. The number of hydrogen-bond acceptors (Lipinski definition) is 4. The Hall–Kier alpha value is -2.71. The molecule has 4 nitrogen and oxygen atoms in total. The maximum Gasteiger partial charge on any atom is 0.113 e. The Balaban J connectivity index is 1.40. The molecule has 5 heteroatoms. The zero-order valence-electron chi connectivity index (χ0n) is 16.2. The minimum Gasteiger partial charge on any atom is -0.322 e. The number of rotatable bonds is 4. The molecule has 1 aromatic carbocycles. The molecule has 0 amide bonds. The maximum atomic E-state index is 6.30. The van der Waals surface area contributed by atoms with Crippen LogP contribution in [0.2, 0.25) is 5.02 Å². The molecular weight excluding hydrogens is 380 g/mol. The predicted molar refractivity (Wildman–Crippen MR) is 118 cm³/mol. The van der Waals surface area contributed by atoms with Crippen LogP contribution >= 0.6 is 11.6 Å². The van der Waals surface area contributed by atoms with Crippen molar-refractivity contribution in [3.63, 3.8) is 0 Å². The van der Waals surface area contributed by atoms with Gasteiger partial charge < -0.3 is 10.6 Å². The maximum absolute atomic E-state index is 6.30. The van der Waals surface area contributed by atoms with E-state index in [9.17, 15) is 0 Å². The summed E-state index contributed by atoms with van der Waals surface area (Å²) in [6.45, 7) is 3.14. The van der Waals surface area contributed by atoms with Gasteiger partial charge in [-0.15, -0.1) is 0 Å². The normalized spacial score (nSPS) is 15.0. The van der Waals surface area contributed by atoms with E-state index in [0.717, 1.165) is 52.7 Å². The van der Waals surface area contributed by atoms with Crippen molar-refractivity contribution in [2.24, 2.45) is 5.73 Å². The van der Waals surface area contributed by atoms with Gasteiger partial charge in [0.2, 0.25) is 0 Å². The summed E-state index contributed by atoms with van der Waals surface area (Å²) in [6.07, 6.45) is 6.15. The summed E-state index contributed by atoms with van der Waals surface area (Å²) in [7, 11) is 0.